The SMILES string of the molecule is C=C(C)C(=O)O[Si](C1CCCC1)(C1CCCC1)C1CCCC1. The van der Waals surface area contributed by atoms with Crippen molar-refractivity contribution in [2.45, 2.75) is 101 Å². The van der Waals surface area contributed by atoms with E-state index in [1.165, 1.54) is 77.0 Å². The van der Waals surface area contributed by atoms with Gasteiger partial charge in [-0.2, -0.15) is 0 Å². The van der Waals surface area contributed by atoms with Crippen LogP contribution in [-0.2, 0) is 9.22 Å². The minimum atomic E-state index is -2.03. The molecule has 3 heteroatoms. The van der Waals surface area contributed by atoms with Crippen LogP contribution >= 0.6 is 0 Å². The molecule has 0 heterocycles. The monoisotopic (exact) mass is 320 g/mol. The van der Waals surface area contributed by atoms with E-state index in [1.807, 2.05) is 6.92 Å². The molecule has 0 unspecified atom stereocenters. The number of hydrogen-bond donors (Lipinski definition) is 0. The third kappa shape index (κ3) is 2.93. The molecule has 0 radical (unpaired) electrons. The van der Waals surface area contributed by atoms with E-state index in [2.05, 4.69) is 6.58 Å². The van der Waals surface area contributed by atoms with Crippen molar-refractivity contribution in [3.63, 3.8) is 0 Å². The molecule has 0 N–H and O–H groups in total. The lowest BCUT2D eigenvalue weighted by Crippen LogP contribution is -2.52. The minimum absolute atomic E-state index is 0.0719. The van der Waals surface area contributed by atoms with E-state index in [1.54, 1.807) is 0 Å². The van der Waals surface area contributed by atoms with Gasteiger partial charge in [0, 0.05) is 5.57 Å². The molecule has 0 aliphatic heterocycles. The molecule has 0 aromatic heterocycles. The summed E-state index contributed by atoms with van der Waals surface area (Å²) in [6.07, 6.45) is 16.0. The third-order valence-corrected chi connectivity index (χ3v) is 12.7. The van der Waals surface area contributed by atoms with Crippen molar-refractivity contribution in [2.24, 2.45) is 0 Å². The third-order valence-electron chi connectivity index (χ3n) is 6.60. The molecule has 0 aromatic rings. The quantitative estimate of drug-likeness (QED) is 0.467. The number of hydrogen-bond acceptors (Lipinski definition) is 2. The maximum atomic E-state index is 12.5. The van der Waals surface area contributed by atoms with Crippen LogP contribution in [0.3, 0.4) is 0 Å². The summed E-state index contributed by atoms with van der Waals surface area (Å²) < 4.78 is 6.55. The predicted octanol–water partition coefficient (Wildman–Crippen LogP) is 5.88. The van der Waals surface area contributed by atoms with Gasteiger partial charge in [-0.05, 0) is 62.1 Å². The van der Waals surface area contributed by atoms with Crippen LogP contribution in [0.25, 0.3) is 0 Å². The lowest BCUT2D eigenvalue weighted by atomic mass is 10.3. The lowest BCUT2D eigenvalue weighted by Gasteiger charge is -2.45. The molecule has 0 spiro atoms. The van der Waals surface area contributed by atoms with Crippen LogP contribution in [0.2, 0.25) is 16.6 Å². The lowest BCUT2D eigenvalue weighted by molar-refractivity contribution is -0.131. The summed E-state index contributed by atoms with van der Waals surface area (Å²) in [4.78, 5) is 12.5. The molecule has 22 heavy (non-hydrogen) atoms. The minimum Gasteiger partial charge on any atom is -0.515 e. The summed E-state index contributed by atoms with van der Waals surface area (Å²) in [6.45, 7) is 5.69. The first-order valence-corrected chi connectivity index (χ1v) is 11.7. The zero-order chi connectivity index (χ0) is 15.6. The molecule has 0 bridgehead atoms. The van der Waals surface area contributed by atoms with Gasteiger partial charge in [0.2, 0.25) is 0 Å². The Balaban J connectivity index is 1.95. The summed E-state index contributed by atoms with van der Waals surface area (Å²) in [7, 11) is -2.03. The fourth-order valence-corrected chi connectivity index (χ4v) is 12.6. The summed E-state index contributed by atoms with van der Waals surface area (Å²) in [5.41, 5.74) is 2.82. The Morgan fingerprint density at radius 3 is 1.41 bits per heavy atom. The molecule has 0 aromatic carbocycles. The van der Waals surface area contributed by atoms with Gasteiger partial charge in [-0.15, -0.1) is 0 Å². The van der Waals surface area contributed by atoms with E-state index in [0.29, 0.717) is 5.57 Å². The summed E-state index contributed by atoms with van der Waals surface area (Å²) in [5.74, 6) is -0.0719. The topological polar surface area (TPSA) is 26.3 Å². The Kier molecular flexibility index (Phi) is 5.11. The average Bonchev–Trinajstić information content (AvgIpc) is 3.28. The van der Waals surface area contributed by atoms with Crippen LogP contribution in [0.5, 0.6) is 0 Å². The molecular weight excluding hydrogens is 288 g/mol. The maximum Gasteiger partial charge on any atom is 0.319 e. The Morgan fingerprint density at radius 1 is 0.818 bits per heavy atom. The van der Waals surface area contributed by atoms with Gasteiger partial charge in [0.1, 0.15) is 0 Å². The smallest absolute Gasteiger partial charge is 0.319 e. The van der Waals surface area contributed by atoms with Gasteiger partial charge < -0.3 is 4.43 Å². The second kappa shape index (κ2) is 6.90. The van der Waals surface area contributed by atoms with Crippen molar-refractivity contribution in [1.82, 2.24) is 0 Å². The van der Waals surface area contributed by atoms with Gasteiger partial charge in [-0.1, -0.05) is 45.1 Å². The van der Waals surface area contributed by atoms with Crippen LogP contribution in [0.4, 0.5) is 0 Å². The van der Waals surface area contributed by atoms with Crippen molar-refractivity contribution < 1.29 is 9.22 Å². The molecule has 0 saturated heterocycles. The Hall–Kier alpha value is -0.573. The predicted molar refractivity (Wildman–Crippen MR) is 93.3 cm³/mol. The number of carbonyl (C=O) groups is 1. The van der Waals surface area contributed by atoms with E-state index in [9.17, 15) is 4.79 Å². The van der Waals surface area contributed by atoms with Crippen molar-refractivity contribution in [3.8, 4) is 0 Å². The normalized spacial score (nSPS) is 25.0. The van der Waals surface area contributed by atoms with E-state index in [-0.39, 0.29) is 5.97 Å². The van der Waals surface area contributed by atoms with Crippen LogP contribution in [-0.4, -0.2) is 14.3 Å². The number of rotatable bonds is 5. The maximum absolute atomic E-state index is 12.5. The Morgan fingerprint density at radius 2 is 1.14 bits per heavy atom. The van der Waals surface area contributed by atoms with E-state index in [4.69, 9.17) is 4.43 Å². The van der Waals surface area contributed by atoms with E-state index in [0.717, 1.165) is 16.6 Å². The average molecular weight is 321 g/mol. The van der Waals surface area contributed by atoms with Crippen molar-refractivity contribution in [1.29, 1.82) is 0 Å². The first kappa shape index (κ1) is 16.3. The zero-order valence-electron chi connectivity index (χ0n) is 14.2. The highest BCUT2D eigenvalue weighted by Crippen LogP contribution is 2.59. The van der Waals surface area contributed by atoms with Gasteiger partial charge in [-0.25, -0.2) is 4.79 Å². The van der Waals surface area contributed by atoms with Gasteiger partial charge >= 0.3 is 5.97 Å². The van der Waals surface area contributed by atoms with Crippen molar-refractivity contribution in [2.75, 3.05) is 0 Å². The molecule has 0 amide bonds. The molecule has 0 atom stereocenters. The molecular formula is C19H32O2Si. The highest BCUT2D eigenvalue weighted by Gasteiger charge is 2.58. The van der Waals surface area contributed by atoms with Gasteiger partial charge in [0.05, 0.1) is 0 Å². The molecule has 2 nitrogen and oxygen atoms in total. The molecule has 3 saturated carbocycles. The standard InChI is InChI=1S/C19H32O2Si/c1-15(2)19(20)21-22(16-9-3-4-10-16,17-11-5-6-12-17)18-13-7-8-14-18/h16-18H,1,3-14H2,2H3. The van der Waals surface area contributed by atoms with Crippen LogP contribution < -0.4 is 0 Å². The van der Waals surface area contributed by atoms with Crippen molar-refractivity contribution in [3.05, 3.63) is 12.2 Å². The van der Waals surface area contributed by atoms with E-state index < -0.39 is 8.32 Å². The zero-order valence-corrected chi connectivity index (χ0v) is 15.2. The van der Waals surface area contributed by atoms with Crippen LogP contribution in [0, 0.1) is 0 Å². The fourth-order valence-electron chi connectivity index (χ4n) is 5.63. The largest absolute Gasteiger partial charge is 0.515 e. The molecule has 124 valence electrons. The highest BCUT2D eigenvalue weighted by atomic mass is 28.4. The van der Waals surface area contributed by atoms with Crippen LogP contribution in [0.15, 0.2) is 12.2 Å². The van der Waals surface area contributed by atoms with E-state index >= 15 is 0 Å². The summed E-state index contributed by atoms with van der Waals surface area (Å²) in [6, 6.07) is 0. The summed E-state index contributed by atoms with van der Waals surface area (Å²) in [5, 5.41) is 0. The second-order valence-corrected chi connectivity index (χ2v) is 12.3. The number of carbonyl (C=O) groups excluding carboxylic acids is 1. The summed E-state index contributed by atoms with van der Waals surface area (Å²) >= 11 is 0. The second-order valence-electron chi connectivity index (χ2n) is 7.97. The van der Waals surface area contributed by atoms with Gasteiger partial charge in [0.15, 0.2) is 0 Å². The Labute approximate surface area is 136 Å². The molecule has 3 aliphatic carbocycles. The van der Waals surface area contributed by atoms with Gasteiger partial charge in [0.25, 0.3) is 8.32 Å². The molecule has 3 aliphatic rings. The van der Waals surface area contributed by atoms with Crippen LogP contribution in [0.1, 0.15) is 84.0 Å². The van der Waals surface area contributed by atoms with Gasteiger partial charge in [-0.3, -0.25) is 0 Å². The highest BCUT2D eigenvalue weighted by molar-refractivity contribution is 6.79. The van der Waals surface area contributed by atoms with Crippen molar-refractivity contribution >= 4 is 14.3 Å². The molecule has 3 fully saturated rings. The first-order valence-electron chi connectivity index (χ1n) is 9.53. The fraction of sp³-hybridized carbons (Fsp3) is 0.842. The first-order chi connectivity index (χ1) is 10.6. The molecule has 3 rings (SSSR count). The Bertz CT molecular complexity index is 372.